The maximum Gasteiger partial charge on any atom is 0.416 e. The normalized spacial score (nSPS) is 14.2. The fourth-order valence-electron chi connectivity index (χ4n) is 4.14. The summed E-state index contributed by atoms with van der Waals surface area (Å²) in [5.74, 6) is -0.301. The van der Waals surface area contributed by atoms with E-state index >= 15 is 0 Å². The number of rotatable bonds is 5. The topological polar surface area (TPSA) is 83.6 Å². The minimum absolute atomic E-state index is 0.139. The fraction of sp³-hybridized carbons (Fsp3) is 0.308. The number of carbonyl (C=O) groups is 2. The molecule has 12 heteroatoms. The van der Waals surface area contributed by atoms with Crippen LogP contribution in [0.5, 0.6) is 0 Å². The van der Waals surface area contributed by atoms with Gasteiger partial charge in [0.2, 0.25) is 0 Å². The first-order chi connectivity index (χ1) is 18.2. The number of thiocarbonyl (C=S) groups is 1. The van der Waals surface area contributed by atoms with Crippen LogP contribution in [0.2, 0.25) is 0 Å². The van der Waals surface area contributed by atoms with E-state index < -0.39 is 23.7 Å². The second-order valence-corrected chi connectivity index (χ2v) is 9.84. The average molecular weight is 563 g/mol. The van der Waals surface area contributed by atoms with Crippen LogP contribution in [0.3, 0.4) is 0 Å². The monoisotopic (exact) mass is 562 g/mol. The quantitative estimate of drug-likeness (QED) is 0.356. The average Bonchev–Trinajstić information content (AvgIpc) is 3.39. The van der Waals surface area contributed by atoms with Gasteiger partial charge in [0.25, 0.3) is 5.91 Å². The maximum atomic E-state index is 13.2. The van der Waals surface area contributed by atoms with Gasteiger partial charge in [0.1, 0.15) is 5.69 Å². The van der Waals surface area contributed by atoms with E-state index in [2.05, 4.69) is 15.6 Å². The zero-order valence-electron chi connectivity index (χ0n) is 20.4. The minimum Gasteiger partial charge on any atom is -0.450 e. The van der Waals surface area contributed by atoms with Crippen molar-refractivity contribution in [3.05, 3.63) is 70.2 Å². The van der Waals surface area contributed by atoms with Crippen molar-refractivity contribution in [2.75, 3.05) is 25.0 Å². The first-order valence-electron chi connectivity index (χ1n) is 11.9. The third-order valence-electron chi connectivity index (χ3n) is 6.05. The van der Waals surface area contributed by atoms with Crippen LogP contribution >= 0.6 is 23.6 Å². The lowest BCUT2D eigenvalue weighted by atomic mass is 9.98. The molecule has 4 rings (SSSR count). The van der Waals surface area contributed by atoms with Crippen LogP contribution in [-0.2, 0) is 10.9 Å². The Labute approximate surface area is 227 Å². The number of alkyl carbamates (subject to hydrolysis) is 1. The van der Waals surface area contributed by atoms with Gasteiger partial charge in [0.15, 0.2) is 5.11 Å². The molecule has 0 unspecified atom stereocenters. The summed E-state index contributed by atoms with van der Waals surface area (Å²) in [5.41, 5.74) is 0.691. The van der Waals surface area contributed by atoms with Gasteiger partial charge in [-0.15, -0.1) is 11.3 Å². The Hall–Kier alpha value is -3.51. The first-order valence-corrected chi connectivity index (χ1v) is 13.2. The molecule has 0 radical (unpaired) electrons. The predicted molar refractivity (Wildman–Crippen MR) is 143 cm³/mol. The summed E-state index contributed by atoms with van der Waals surface area (Å²) in [6, 6.07) is 11.7. The standard InChI is InChI=1S/C26H25F3N4O3S2/c1-2-36-25(35)32-24(37)33-12-10-16(11-13-33)23-31-21(15-38-23)22(34)30-20-9-4-3-8-19(20)17-6-5-7-18(14-17)26(27,28)29/h3-9,14-16H,2,10-13H2,1H3,(H,30,34)(H,32,35,37). The van der Waals surface area contributed by atoms with Crippen molar-refractivity contribution >= 4 is 46.4 Å². The van der Waals surface area contributed by atoms with Crippen molar-refractivity contribution in [2.45, 2.75) is 31.9 Å². The van der Waals surface area contributed by atoms with Crippen molar-refractivity contribution in [2.24, 2.45) is 0 Å². The molecule has 200 valence electrons. The molecule has 0 spiro atoms. The van der Waals surface area contributed by atoms with E-state index in [4.69, 9.17) is 17.0 Å². The van der Waals surface area contributed by atoms with E-state index in [0.29, 0.717) is 35.0 Å². The van der Waals surface area contributed by atoms with Gasteiger partial charge in [0, 0.05) is 35.6 Å². The number of benzene rings is 2. The van der Waals surface area contributed by atoms with Gasteiger partial charge in [-0.1, -0.05) is 30.3 Å². The Bertz CT molecular complexity index is 1320. The minimum atomic E-state index is -4.47. The second kappa shape index (κ2) is 11.9. The molecule has 1 fully saturated rings. The summed E-state index contributed by atoms with van der Waals surface area (Å²) in [6.07, 6.45) is -3.55. The van der Waals surface area contributed by atoms with Gasteiger partial charge >= 0.3 is 12.3 Å². The molecule has 1 aromatic heterocycles. The van der Waals surface area contributed by atoms with Crippen LogP contribution in [0.25, 0.3) is 11.1 Å². The van der Waals surface area contributed by atoms with Crippen LogP contribution in [0, 0.1) is 0 Å². The molecule has 0 saturated carbocycles. The van der Waals surface area contributed by atoms with Crippen LogP contribution < -0.4 is 10.6 Å². The summed E-state index contributed by atoms with van der Waals surface area (Å²) >= 11 is 6.67. The highest BCUT2D eigenvalue weighted by Crippen LogP contribution is 2.35. The molecule has 2 N–H and O–H groups in total. The molecular weight excluding hydrogens is 537 g/mol. The molecule has 1 saturated heterocycles. The zero-order chi connectivity index (χ0) is 27.3. The number of nitrogens with zero attached hydrogens (tertiary/aromatic N) is 2. The molecule has 38 heavy (non-hydrogen) atoms. The van der Waals surface area contributed by atoms with Gasteiger partial charge in [-0.2, -0.15) is 13.2 Å². The van der Waals surface area contributed by atoms with E-state index in [-0.39, 0.29) is 18.2 Å². The number of anilines is 1. The molecular formula is C26H25F3N4O3S2. The molecule has 7 nitrogen and oxygen atoms in total. The van der Waals surface area contributed by atoms with Crippen LogP contribution in [0.1, 0.15) is 46.7 Å². The lowest BCUT2D eigenvalue weighted by Gasteiger charge is -2.32. The number of halogens is 3. The van der Waals surface area contributed by atoms with Gasteiger partial charge < -0.3 is 15.0 Å². The van der Waals surface area contributed by atoms with E-state index in [1.165, 1.54) is 17.4 Å². The fourth-order valence-corrected chi connectivity index (χ4v) is 5.37. The highest BCUT2D eigenvalue weighted by atomic mass is 32.1. The molecule has 2 aromatic carbocycles. The lowest BCUT2D eigenvalue weighted by molar-refractivity contribution is -0.137. The maximum absolute atomic E-state index is 13.2. The van der Waals surface area contributed by atoms with Crippen LogP contribution in [0.4, 0.5) is 23.7 Å². The summed E-state index contributed by atoms with van der Waals surface area (Å²) in [7, 11) is 0. The lowest BCUT2D eigenvalue weighted by Crippen LogP contribution is -2.46. The number of hydrogen-bond donors (Lipinski definition) is 2. The number of amides is 2. The molecule has 2 heterocycles. The van der Waals surface area contributed by atoms with E-state index in [1.54, 1.807) is 42.6 Å². The number of likely N-dealkylation sites (tertiary alicyclic amines) is 1. The Kier molecular flexibility index (Phi) is 8.62. The first kappa shape index (κ1) is 27.5. The molecule has 1 aliphatic heterocycles. The van der Waals surface area contributed by atoms with Crippen molar-refractivity contribution in [3.63, 3.8) is 0 Å². The van der Waals surface area contributed by atoms with Gasteiger partial charge in [-0.3, -0.25) is 10.1 Å². The van der Waals surface area contributed by atoms with Gasteiger partial charge in [-0.05, 0) is 55.7 Å². The molecule has 0 atom stereocenters. The smallest absolute Gasteiger partial charge is 0.416 e. The van der Waals surface area contributed by atoms with Gasteiger partial charge in [-0.25, -0.2) is 9.78 Å². The molecule has 0 bridgehead atoms. The number of para-hydroxylation sites is 1. The largest absolute Gasteiger partial charge is 0.450 e. The number of alkyl halides is 3. The van der Waals surface area contributed by atoms with Crippen molar-refractivity contribution in [3.8, 4) is 11.1 Å². The van der Waals surface area contributed by atoms with E-state index in [9.17, 15) is 22.8 Å². The number of ether oxygens (including phenoxy) is 1. The Morgan fingerprint density at radius 1 is 1.16 bits per heavy atom. The van der Waals surface area contributed by atoms with E-state index in [1.807, 2.05) is 4.90 Å². The summed E-state index contributed by atoms with van der Waals surface area (Å²) < 4.78 is 44.5. The molecule has 1 aliphatic rings. The summed E-state index contributed by atoms with van der Waals surface area (Å²) in [5, 5.41) is 8.17. The summed E-state index contributed by atoms with van der Waals surface area (Å²) in [6.45, 7) is 3.22. The Balaban J connectivity index is 1.40. The highest BCUT2D eigenvalue weighted by molar-refractivity contribution is 7.80. The Morgan fingerprint density at radius 3 is 2.61 bits per heavy atom. The van der Waals surface area contributed by atoms with Crippen LogP contribution in [-0.4, -0.2) is 46.7 Å². The molecule has 3 aromatic rings. The highest BCUT2D eigenvalue weighted by Gasteiger charge is 2.31. The van der Waals surface area contributed by atoms with Crippen molar-refractivity contribution in [1.82, 2.24) is 15.2 Å². The number of thiazole rings is 1. The third kappa shape index (κ3) is 6.67. The number of piperidine rings is 1. The number of aromatic nitrogens is 1. The van der Waals surface area contributed by atoms with E-state index in [0.717, 1.165) is 30.0 Å². The van der Waals surface area contributed by atoms with Crippen LogP contribution in [0.15, 0.2) is 53.9 Å². The Morgan fingerprint density at radius 2 is 1.89 bits per heavy atom. The van der Waals surface area contributed by atoms with Crippen molar-refractivity contribution in [1.29, 1.82) is 0 Å². The van der Waals surface area contributed by atoms with Crippen molar-refractivity contribution < 1.29 is 27.5 Å². The van der Waals surface area contributed by atoms with Gasteiger partial charge in [0.05, 0.1) is 17.2 Å². The number of hydrogen-bond acceptors (Lipinski definition) is 6. The predicted octanol–water partition coefficient (Wildman–Crippen LogP) is 6.29. The molecule has 0 aliphatic carbocycles. The number of carbonyl (C=O) groups excluding carboxylic acids is 2. The molecule has 2 amide bonds. The zero-order valence-corrected chi connectivity index (χ0v) is 22.0. The SMILES string of the molecule is CCOC(=O)NC(=S)N1CCC(c2nc(C(=O)Nc3ccccc3-c3cccc(C(F)(F)F)c3)cs2)CC1. The third-order valence-corrected chi connectivity index (χ3v) is 7.41. The second-order valence-electron chi connectivity index (χ2n) is 8.56. The summed E-state index contributed by atoms with van der Waals surface area (Å²) in [4.78, 5) is 31.0. The number of nitrogens with one attached hydrogen (secondary N) is 2.